The van der Waals surface area contributed by atoms with Crippen LogP contribution in [0.3, 0.4) is 0 Å². The monoisotopic (exact) mass is 273 g/mol. The van der Waals surface area contributed by atoms with E-state index in [-0.39, 0.29) is 5.91 Å². The molecule has 0 fully saturated rings. The number of benzene rings is 2. The van der Waals surface area contributed by atoms with Gasteiger partial charge in [-0.3, -0.25) is 4.79 Å². The van der Waals surface area contributed by atoms with Crippen LogP contribution in [-0.2, 0) is 0 Å². The third kappa shape index (κ3) is 3.15. The maximum Gasteiger partial charge on any atom is 0.255 e. The average Bonchev–Trinajstić information content (AvgIpc) is 2.35. The molecule has 1 amide bonds. The van der Waals surface area contributed by atoms with Crippen LogP contribution in [-0.4, -0.2) is 5.91 Å². The summed E-state index contributed by atoms with van der Waals surface area (Å²) >= 11 is 6.12. The zero-order valence-corrected chi connectivity index (χ0v) is 12.0. The predicted octanol–water partition coefficient (Wildman–Crippen LogP) is 4.52. The van der Waals surface area contributed by atoms with Gasteiger partial charge in [-0.1, -0.05) is 35.4 Å². The Morgan fingerprint density at radius 3 is 2.32 bits per heavy atom. The molecule has 0 unspecified atom stereocenters. The first-order valence-electron chi connectivity index (χ1n) is 6.12. The lowest BCUT2D eigenvalue weighted by molar-refractivity contribution is 0.102. The molecule has 0 radical (unpaired) electrons. The predicted molar refractivity (Wildman–Crippen MR) is 80.1 cm³/mol. The number of halogens is 1. The summed E-state index contributed by atoms with van der Waals surface area (Å²) in [6, 6.07) is 11.4. The molecule has 19 heavy (non-hydrogen) atoms. The van der Waals surface area contributed by atoms with Crippen LogP contribution in [0.15, 0.2) is 36.4 Å². The Morgan fingerprint density at radius 2 is 1.63 bits per heavy atom. The van der Waals surface area contributed by atoms with Gasteiger partial charge in [0.2, 0.25) is 0 Å². The van der Waals surface area contributed by atoms with Crippen molar-refractivity contribution in [3.63, 3.8) is 0 Å². The molecule has 0 atom stereocenters. The highest BCUT2D eigenvalue weighted by Gasteiger charge is 2.11. The van der Waals surface area contributed by atoms with Crippen molar-refractivity contribution < 1.29 is 4.79 Å². The second-order valence-corrected chi connectivity index (χ2v) is 5.16. The zero-order valence-electron chi connectivity index (χ0n) is 11.3. The molecule has 0 heterocycles. The molecule has 2 aromatic carbocycles. The number of hydrogen-bond donors (Lipinski definition) is 1. The van der Waals surface area contributed by atoms with Crippen LogP contribution in [0.2, 0.25) is 5.02 Å². The number of carbonyl (C=O) groups excluding carboxylic acids is 1. The first kappa shape index (κ1) is 13.6. The Bertz CT molecular complexity index is 635. The van der Waals surface area contributed by atoms with E-state index in [9.17, 15) is 4.79 Å². The zero-order chi connectivity index (χ0) is 14.0. The van der Waals surface area contributed by atoms with E-state index in [0.29, 0.717) is 16.3 Å². The maximum absolute atomic E-state index is 12.3. The third-order valence-corrected chi connectivity index (χ3v) is 3.32. The molecule has 3 heteroatoms. The van der Waals surface area contributed by atoms with Crippen LogP contribution in [0.25, 0.3) is 0 Å². The molecule has 98 valence electrons. The van der Waals surface area contributed by atoms with Crippen molar-refractivity contribution in [1.82, 2.24) is 0 Å². The highest BCUT2D eigenvalue weighted by molar-refractivity contribution is 6.34. The molecule has 0 spiro atoms. The van der Waals surface area contributed by atoms with Gasteiger partial charge in [0, 0.05) is 5.56 Å². The normalized spacial score (nSPS) is 10.3. The van der Waals surface area contributed by atoms with Gasteiger partial charge in [0.15, 0.2) is 0 Å². The summed E-state index contributed by atoms with van der Waals surface area (Å²) in [5, 5.41) is 3.41. The largest absolute Gasteiger partial charge is 0.321 e. The van der Waals surface area contributed by atoms with E-state index in [1.807, 2.05) is 57.2 Å². The molecule has 2 rings (SSSR count). The van der Waals surface area contributed by atoms with E-state index in [1.54, 1.807) is 0 Å². The summed E-state index contributed by atoms with van der Waals surface area (Å²) in [6.45, 7) is 5.85. The summed E-state index contributed by atoms with van der Waals surface area (Å²) < 4.78 is 0. The molecule has 0 aromatic heterocycles. The maximum atomic E-state index is 12.3. The summed E-state index contributed by atoms with van der Waals surface area (Å²) in [5.74, 6) is -0.132. The topological polar surface area (TPSA) is 29.1 Å². The fourth-order valence-corrected chi connectivity index (χ4v) is 2.17. The van der Waals surface area contributed by atoms with Gasteiger partial charge in [-0.2, -0.15) is 0 Å². The van der Waals surface area contributed by atoms with Gasteiger partial charge in [0.05, 0.1) is 10.7 Å². The first-order valence-corrected chi connectivity index (χ1v) is 6.50. The number of rotatable bonds is 2. The van der Waals surface area contributed by atoms with E-state index in [4.69, 9.17) is 11.6 Å². The molecule has 0 aliphatic heterocycles. The molecule has 0 saturated heterocycles. The van der Waals surface area contributed by atoms with Crippen LogP contribution in [0.4, 0.5) is 5.69 Å². The average molecular weight is 274 g/mol. The summed E-state index contributed by atoms with van der Waals surface area (Å²) in [4.78, 5) is 12.3. The Hall–Kier alpha value is -1.80. The second-order valence-electron chi connectivity index (χ2n) is 4.76. The van der Waals surface area contributed by atoms with Crippen molar-refractivity contribution in [1.29, 1.82) is 0 Å². The third-order valence-electron chi connectivity index (χ3n) is 3.01. The van der Waals surface area contributed by atoms with Crippen LogP contribution in [0.5, 0.6) is 0 Å². The van der Waals surface area contributed by atoms with Crippen molar-refractivity contribution in [3.05, 3.63) is 63.7 Å². The van der Waals surface area contributed by atoms with Crippen molar-refractivity contribution in [2.24, 2.45) is 0 Å². The smallest absolute Gasteiger partial charge is 0.255 e. The van der Waals surface area contributed by atoms with Crippen LogP contribution in [0, 0.1) is 20.8 Å². The lowest BCUT2D eigenvalue weighted by Crippen LogP contribution is -2.13. The Kier molecular flexibility index (Phi) is 3.91. The Balaban J connectivity index is 2.28. The minimum absolute atomic E-state index is 0.132. The number of amides is 1. The van der Waals surface area contributed by atoms with Crippen molar-refractivity contribution >= 4 is 23.2 Å². The van der Waals surface area contributed by atoms with Crippen LogP contribution in [0.1, 0.15) is 27.0 Å². The number of anilines is 1. The summed E-state index contributed by atoms with van der Waals surface area (Å²) in [6.07, 6.45) is 0. The minimum atomic E-state index is -0.132. The van der Waals surface area contributed by atoms with Gasteiger partial charge in [0.1, 0.15) is 0 Å². The lowest BCUT2D eigenvalue weighted by Gasteiger charge is -2.10. The van der Waals surface area contributed by atoms with Crippen LogP contribution >= 0.6 is 11.6 Å². The minimum Gasteiger partial charge on any atom is -0.321 e. The van der Waals surface area contributed by atoms with Crippen LogP contribution < -0.4 is 5.32 Å². The molecular weight excluding hydrogens is 258 g/mol. The molecular formula is C16H16ClNO. The van der Waals surface area contributed by atoms with E-state index in [2.05, 4.69) is 5.32 Å². The molecule has 0 saturated carbocycles. The molecule has 2 nitrogen and oxygen atoms in total. The number of nitrogens with one attached hydrogen (secondary N) is 1. The standard InChI is InChI=1S/C16H16ClNO/c1-10-4-6-12(3)13(8-10)16(19)18-15-7-5-11(2)9-14(15)17/h4-9H,1-3H3,(H,18,19). The fraction of sp³-hybridized carbons (Fsp3) is 0.188. The van der Waals surface area contributed by atoms with E-state index in [0.717, 1.165) is 16.7 Å². The molecule has 0 aliphatic carbocycles. The molecule has 0 aliphatic rings. The van der Waals surface area contributed by atoms with Gasteiger partial charge in [0.25, 0.3) is 5.91 Å². The Morgan fingerprint density at radius 1 is 1.00 bits per heavy atom. The fourth-order valence-electron chi connectivity index (χ4n) is 1.89. The van der Waals surface area contributed by atoms with Gasteiger partial charge >= 0.3 is 0 Å². The quantitative estimate of drug-likeness (QED) is 0.856. The number of aryl methyl sites for hydroxylation is 3. The van der Waals surface area contributed by atoms with E-state index in [1.165, 1.54) is 0 Å². The van der Waals surface area contributed by atoms with Gasteiger partial charge < -0.3 is 5.32 Å². The van der Waals surface area contributed by atoms with Gasteiger partial charge in [-0.25, -0.2) is 0 Å². The van der Waals surface area contributed by atoms with Crippen molar-refractivity contribution in [2.75, 3.05) is 5.32 Å². The summed E-state index contributed by atoms with van der Waals surface area (Å²) in [5.41, 5.74) is 4.39. The van der Waals surface area contributed by atoms with Gasteiger partial charge in [-0.05, 0) is 50.1 Å². The molecule has 2 aromatic rings. The van der Waals surface area contributed by atoms with E-state index >= 15 is 0 Å². The summed E-state index contributed by atoms with van der Waals surface area (Å²) in [7, 11) is 0. The highest BCUT2D eigenvalue weighted by Crippen LogP contribution is 2.23. The number of carbonyl (C=O) groups is 1. The van der Waals surface area contributed by atoms with Gasteiger partial charge in [-0.15, -0.1) is 0 Å². The molecule has 0 bridgehead atoms. The van der Waals surface area contributed by atoms with Crippen molar-refractivity contribution in [3.8, 4) is 0 Å². The van der Waals surface area contributed by atoms with Crippen molar-refractivity contribution in [2.45, 2.75) is 20.8 Å². The van der Waals surface area contributed by atoms with E-state index < -0.39 is 0 Å². The molecule has 1 N–H and O–H groups in total. The highest BCUT2D eigenvalue weighted by atomic mass is 35.5. The second kappa shape index (κ2) is 5.45. The Labute approximate surface area is 118 Å². The lowest BCUT2D eigenvalue weighted by atomic mass is 10.0. The SMILES string of the molecule is Cc1ccc(NC(=O)c2cc(C)ccc2C)c(Cl)c1. The first-order chi connectivity index (χ1) is 8.97. The number of hydrogen-bond acceptors (Lipinski definition) is 1.